The first kappa shape index (κ1) is 15.2. The van der Waals surface area contributed by atoms with Gasteiger partial charge in [-0.05, 0) is 55.3 Å². The summed E-state index contributed by atoms with van der Waals surface area (Å²) in [5.74, 6) is 0.638. The number of hydrogen-bond acceptors (Lipinski definition) is 2. The van der Waals surface area contributed by atoms with Crippen LogP contribution in [-0.4, -0.2) is 17.6 Å². The van der Waals surface area contributed by atoms with Crippen molar-refractivity contribution in [3.8, 4) is 5.75 Å². The van der Waals surface area contributed by atoms with Gasteiger partial charge in [0.2, 0.25) is 0 Å². The summed E-state index contributed by atoms with van der Waals surface area (Å²) in [5.41, 5.74) is 4.63. The first-order valence-electron chi connectivity index (χ1n) is 7.51. The molecule has 1 aromatic heterocycles. The van der Waals surface area contributed by atoms with Crippen molar-refractivity contribution in [1.82, 2.24) is 4.57 Å². The number of amides is 1. The number of benzene rings is 2. The number of aromatic nitrogens is 1. The minimum atomic E-state index is -0.129. The molecule has 0 bridgehead atoms. The molecule has 0 fully saturated rings. The number of fused-ring (bicyclic) bond motifs is 1. The number of methoxy groups -OCH3 is 1. The first-order valence-corrected chi connectivity index (χ1v) is 7.51. The van der Waals surface area contributed by atoms with Crippen LogP contribution in [0, 0.1) is 13.8 Å². The van der Waals surface area contributed by atoms with Crippen LogP contribution in [0.4, 0.5) is 5.69 Å². The molecule has 0 aliphatic rings. The van der Waals surface area contributed by atoms with Gasteiger partial charge in [0, 0.05) is 18.1 Å². The quantitative estimate of drug-likeness (QED) is 0.793. The highest BCUT2D eigenvalue weighted by Gasteiger charge is 2.15. The molecule has 0 atom stereocenters. The molecule has 2 aromatic carbocycles. The van der Waals surface area contributed by atoms with Gasteiger partial charge in [-0.25, -0.2) is 0 Å². The van der Waals surface area contributed by atoms with E-state index in [-0.39, 0.29) is 5.91 Å². The van der Waals surface area contributed by atoms with Crippen LogP contribution in [0.1, 0.15) is 21.6 Å². The Morgan fingerprint density at radius 3 is 2.43 bits per heavy atom. The molecule has 1 heterocycles. The van der Waals surface area contributed by atoms with Gasteiger partial charge >= 0.3 is 0 Å². The molecule has 0 radical (unpaired) electrons. The Morgan fingerprint density at radius 1 is 1.09 bits per heavy atom. The van der Waals surface area contributed by atoms with E-state index >= 15 is 0 Å². The van der Waals surface area contributed by atoms with Gasteiger partial charge in [0.25, 0.3) is 5.91 Å². The molecule has 118 valence electrons. The second-order valence-electron chi connectivity index (χ2n) is 5.81. The van der Waals surface area contributed by atoms with Gasteiger partial charge in [0.1, 0.15) is 11.4 Å². The van der Waals surface area contributed by atoms with E-state index in [1.54, 1.807) is 7.11 Å². The average Bonchev–Trinajstić information content (AvgIpc) is 2.83. The molecule has 0 saturated heterocycles. The number of rotatable bonds is 3. The number of nitrogens with one attached hydrogen (secondary N) is 1. The highest BCUT2D eigenvalue weighted by molar-refractivity contribution is 6.07. The lowest BCUT2D eigenvalue weighted by Gasteiger charge is -2.08. The van der Waals surface area contributed by atoms with Gasteiger partial charge in [0.15, 0.2) is 0 Å². The van der Waals surface area contributed by atoms with Crippen LogP contribution in [0.15, 0.2) is 42.5 Å². The SMILES string of the molecule is COc1cccc2c1cc(C(=O)Nc1cc(C)cc(C)c1)n2C. The molecule has 4 heteroatoms. The standard InChI is InChI=1S/C19H20N2O2/c1-12-8-13(2)10-14(9-12)20-19(22)17-11-15-16(21(17)3)6-5-7-18(15)23-4/h5-11H,1-4H3,(H,20,22). The molecule has 0 unspecified atom stereocenters. The maximum Gasteiger partial charge on any atom is 0.272 e. The summed E-state index contributed by atoms with van der Waals surface area (Å²) < 4.78 is 7.26. The van der Waals surface area contributed by atoms with Crippen LogP contribution >= 0.6 is 0 Å². The van der Waals surface area contributed by atoms with Gasteiger partial charge in [-0.1, -0.05) is 12.1 Å². The Balaban J connectivity index is 1.99. The van der Waals surface area contributed by atoms with Crippen molar-refractivity contribution in [2.24, 2.45) is 7.05 Å². The van der Waals surface area contributed by atoms with Crippen molar-refractivity contribution in [2.45, 2.75) is 13.8 Å². The van der Waals surface area contributed by atoms with Gasteiger partial charge in [-0.15, -0.1) is 0 Å². The summed E-state index contributed by atoms with van der Waals surface area (Å²) in [6.07, 6.45) is 0. The topological polar surface area (TPSA) is 43.3 Å². The van der Waals surface area contributed by atoms with Crippen molar-refractivity contribution in [1.29, 1.82) is 0 Å². The Bertz CT molecular complexity index is 874. The van der Waals surface area contributed by atoms with E-state index in [2.05, 4.69) is 11.4 Å². The number of nitrogens with zero attached hydrogens (tertiary/aromatic N) is 1. The molecule has 0 spiro atoms. The van der Waals surface area contributed by atoms with E-state index < -0.39 is 0 Å². The number of carbonyl (C=O) groups excluding carboxylic acids is 1. The molecule has 0 saturated carbocycles. The Hall–Kier alpha value is -2.75. The number of anilines is 1. The zero-order valence-electron chi connectivity index (χ0n) is 13.8. The molecule has 0 aliphatic heterocycles. The molecular formula is C19H20N2O2. The van der Waals surface area contributed by atoms with Crippen molar-refractivity contribution in [3.05, 3.63) is 59.3 Å². The summed E-state index contributed by atoms with van der Waals surface area (Å²) in [6.45, 7) is 4.04. The third-order valence-corrected chi connectivity index (χ3v) is 3.98. The lowest BCUT2D eigenvalue weighted by Crippen LogP contribution is -2.15. The fourth-order valence-corrected chi connectivity index (χ4v) is 2.97. The second kappa shape index (κ2) is 5.80. The molecule has 1 N–H and O–H groups in total. The largest absolute Gasteiger partial charge is 0.496 e. The van der Waals surface area contributed by atoms with Crippen LogP contribution in [0.2, 0.25) is 0 Å². The fourth-order valence-electron chi connectivity index (χ4n) is 2.97. The molecule has 23 heavy (non-hydrogen) atoms. The van der Waals surface area contributed by atoms with Crippen LogP contribution in [0.25, 0.3) is 10.9 Å². The smallest absolute Gasteiger partial charge is 0.272 e. The number of aryl methyl sites for hydroxylation is 3. The predicted molar refractivity (Wildman–Crippen MR) is 93.3 cm³/mol. The molecular weight excluding hydrogens is 288 g/mol. The van der Waals surface area contributed by atoms with Gasteiger partial charge < -0.3 is 14.6 Å². The summed E-state index contributed by atoms with van der Waals surface area (Å²) in [5, 5.41) is 3.91. The van der Waals surface area contributed by atoms with E-state index in [1.165, 1.54) is 0 Å². The monoisotopic (exact) mass is 308 g/mol. The third-order valence-electron chi connectivity index (χ3n) is 3.98. The lowest BCUT2D eigenvalue weighted by molar-refractivity contribution is 0.102. The second-order valence-corrected chi connectivity index (χ2v) is 5.81. The molecule has 0 aliphatic carbocycles. The average molecular weight is 308 g/mol. The lowest BCUT2D eigenvalue weighted by atomic mass is 10.1. The molecule has 1 amide bonds. The van der Waals surface area contributed by atoms with Crippen LogP contribution < -0.4 is 10.1 Å². The highest BCUT2D eigenvalue weighted by atomic mass is 16.5. The number of ether oxygens (including phenoxy) is 1. The minimum absolute atomic E-state index is 0.129. The highest BCUT2D eigenvalue weighted by Crippen LogP contribution is 2.28. The van der Waals surface area contributed by atoms with E-state index in [0.29, 0.717) is 5.69 Å². The molecule has 4 nitrogen and oxygen atoms in total. The van der Waals surface area contributed by atoms with Gasteiger partial charge in [0.05, 0.1) is 12.6 Å². The Kier molecular flexibility index (Phi) is 3.82. The van der Waals surface area contributed by atoms with E-state index in [1.807, 2.05) is 61.9 Å². The van der Waals surface area contributed by atoms with Crippen LogP contribution in [0.5, 0.6) is 5.75 Å². The maximum absolute atomic E-state index is 12.7. The summed E-state index contributed by atoms with van der Waals surface area (Å²) in [7, 11) is 3.52. The van der Waals surface area contributed by atoms with E-state index in [0.717, 1.165) is 33.5 Å². The normalized spacial score (nSPS) is 10.8. The molecule has 3 aromatic rings. The van der Waals surface area contributed by atoms with E-state index in [4.69, 9.17) is 4.74 Å². The van der Waals surface area contributed by atoms with Crippen molar-refractivity contribution >= 4 is 22.5 Å². The number of carbonyl (C=O) groups is 1. The van der Waals surface area contributed by atoms with Gasteiger partial charge in [-0.2, -0.15) is 0 Å². The predicted octanol–water partition coefficient (Wildman–Crippen LogP) is 4.06. The maximum atomic E-state index is 12.7. The number of hydrogen-bond donors (Lipinski definition) is 1. The Morgan fingerprint density at radius 2 is 1.78 bits per heavy atom. The molecule has 3 rings (SSSR count). The summed E-state index contributed by atoms with van der Waals surface area (Å²) in [6, 6.07) is 13.7. The summed E-state index contributed by atoms with van der Waals surface area (Å²) >= 11 is 0. The van der Waals surface area contributed by atoms with Crippen LogP contribution in [-0.2, 0) is 7.05 Å². The third kappa shape index (κ3) is 2.80. The van der Waals surface area contributed by atoms with E-state index in [9.17, 15) is 4.79 Å². The zero-order chi connectivity index (χ0) is 16.6. The van der Waals surface area contributed by atoms with Crippen molar-refractivity contribution < 1.29 is 9.53 Å². The first-order chi connectivity index (χ1) is 11.0. The van der Waals surface area contributed by atoms with Crippen LogP contribution in [0.3, 0.4) is 0 Å². The summed E-state index contributed by atoms with van der Waals surface area (Å²) in [4.78, 5) is 12.7. The minimum Gasteiger partial charge on any atom is -0.496 e. The zero-order valence-corrected chi connectivity index (χ0v) is 13.8. The van der Waals surface area contributed by atoms with Crippen molar-refractivity contribution in [2.75, 3.05) is 12.4 Å². The van der Waals surface area contributed by atoms with Crippen molar-refractivity contribution in [3.63, 3.8) is 0 Å². The fraction of sp³-hybridized carbons (Fsp3) is 0.211. The Labute approximate surface area is 135 Å². The van der Waals surface area contributed by atoms with Gasteiger partial charge in [-0.3, -0.25) is 4.79 Å².